The zero-order valence-corrected chi connectivity index (χ0v) is 39.5. The lowest BCUT2D eigenvalue weighted by Crippen LogP contribution is -2.25. The second-order valence-electron chi connectivity index (χ2n) is 18.7. The average molecular weight is 883 g/mol. The van der Waals surface area contributed by atoms with Gasteiger partial charge in [-0.2, -0.15) is 0 Å². The van der Waals surface area contributed by atoms with E-state index in [0.29, 0.717) is 0 Å². The van der Waals surface area contributed by atoms with Crippen molar-refractivity contribution < 1.29 is 0 Å². The minimum Gasteiger partial charge on any atom is -0.0654 e. The Hall–Kier alpha value is -8.16. The maximum atomic E-state index is 3.59. The van der Waals surface area contributed by atoms with Gasteiger partial charge in [0.05, 0.1) is 0 Å². The van der Waals surface area contributed by atoms with Gasteiger partial charge in [-0.1, -0.05) is 221 Å². The van der Waals surface area contributed by atoms with Gasteiger partial charge < -0.3 is 0 Å². The summed E-state index contributed by atoms with van der Waals surface area (Å²) in [4.78, 5) is 0. The van der Waals surface area contributed by atoms with E-state index >= 15 is 0 Å². The highest BCUT2D eigenvalue weighted by Gasteiger charge is 2.42. The van der Waals surface area contributed by atoms with Crippen LogP contribution < -0.4 is 0 Å². The summed E-state index contributed by atoms with van der Waals surface area (Å²) in [5.41, 5.74) is 24.3. The van der Waals surface area contributed by atoms with E-state index in [-0.39, 0.29) is 5.41 Å². The number of benzene rings is 8. The lowest BCUT2D eigenvalue weighted by atomic mass is 9.70. The molecule has 69 heavy (non-hydrogen) atoms. The first-order valence-corrected chi connectivity index (χ1v) is 24.8. The van der Waals surface area contributed by atoms with Crippen LogP contribution in [0.3, 0.4) is 0 Å². The van der Waals surface area contributed by atoms with E-state index in [2.05, 4.69) is 256 Å². The van der Waals surface area contributed by atoms with Crippen molar-refractivity contribution in [2.24, 2.45) is 0 Å². The van der Waals surface area contributed by atoms with Crippen molar-refractivity contribution in [1.29, 1.82) is 0 Å². The van der Waals surface area contributed by atoms with Crippen molar-refractivity contribution >= 4 is 47.6 Å². The molecule has 3 aliphatic rings. The molecule has 0 heteroatoms. The molecule has 0 radical (unpaired) electrons. The fourth-order valence-electron chi connectivity index (χ4n) is 10.7. The van der Waals surface area contributed by atoms with Crippen LogP contribution in [0, 0.1) is 23.7 Å². The summed E-state index contributed by atoms with van der Waals surface area (Å²) in [6, 6.07) is 66.0. The van der Waals surface area contributed by atoms with Gasteiger partial charge in [0.25, 0.3) is 0 Å². The molecule has 0 fully saturated rings. The van der Waals surface area contributed by atoms with Gasteiger partial charge in [0.15, 0.2) is 0 Å². The molecule has 8 aromatic rings. The summed E-state index contributed by atoms with van der Waals surface area (Å²) in [6.07, 6.45) is 20.4. The molecule has 0 unspecified atom stereocenters. The van der Waals surface area contributed by atoms with Crippen molar-refractivity contribution in [3.63, 3.8) is 0 Å². The molecular weight excluding hydrogens is 829 g/mol. The van der Waals surface area contributed by atoms with Crippen LogP contribution in [0.25, 0.3) is 58.7 Å². The summed E-state index contributed by atoms with van der Waals surface area (Å²) in [5.74, 6) is 14.2. The van der Waals surface area contributed by atoms with Crippen LogP contribution >= 0.6 is 0 Å². The van der Waals surface area contributed by atoms with Crippen molar-refractivity contribution in [2.75, 3.05) is 0 Å². The molecule has 330 valence electrons. The van der Waals surface area contributed by atoms with Crippen LogP contribution in [0.15, 0.2) is 182 Å². The van der Waals surface area contributed by atoms with E-state index in [1.54, 1.807) is 0 Å². The van der Waals surface area contributed by atoms with E-state index in [9.17, 15) is 0 Å². The topological polar surface area (TPSA) is 0 Å². The van der Waals surface area contributed by atoms with Crippen LogP contribution in [0.5, 0.6) is 0 Å². The SMILES string of the molecule is CCCCC1(CCCC)c2cc(C#Cc3ccc(C=C4c5ccccc5C=Cc5ccccc54)cc3)ccc2-c2ccc(C#Cc3ccc(C=C4c5ccccc5C=Cc5ccccc54)cc3)cc21. The molecule has 0 saturated heterocycles. The molecule has 3 aliphatic carbocycles. The molecule has 0 amide bonds. The van der Waals surface area contributed by atoms with Gasteiger partial charge in [-0.3, -0.25) is 0 Å². The van der Waals surface area contributed by atoms with Gasteiger partial charge in [0.1, 0.15) is 0 Å². The van der Waals surface area contributed by atoms with Gasteiger partial charge in [0.2, 0.25) is 0 Å². The molecular formula is C69H54. The average Bonchev–Trinajstić information content (AvgIpc) is 3.47. The first-order chi connectivity index (χ1) is 34.1. The Morgan fingerprint density at radius 1 is 0.348 bits per heavy atom. The van der Waals surface area contributed by atoms with Crippen LogP contribution in [0.2, 0.25) is 0 Å². The molecule has 0 nitrogen and oxygen atoms in total. The summed E-state index contributed by atoms with van der Waals surface area (Å²) >= 11 is 0. The van der Waals surface area contributed by atoms with Gasteiger partial charge >= 0.3 is 0 Å². The van der Waals surface area contributed by atoms with Crippen LogP contribution in [0.1, 0.15) is 141 Å². The third-order valence-electron chi connectivity index (χ3n) is 14.3. The molecule has 0 saturated carbocycles. The van der Waals surface area contributed by atoms with E-state index in [0.717, 1.165) is 59.1 Å². The Morgan fingerprint density at radius 3 is 1.01 bits per heavy atom. The summed E-state index contributed by atoms with van der Waals surface area (Å²) in [5, 5.41) is 0. The second-order valence-corrected chi connectivity index (χ2v) is 18.7. The predicted octanol–water partition coefficient (Wildman–Crippen LogP) is 17.3. The molecule has 0 atom stereocenters. The molecule has 0 bridgehead atoms. The quantitative estimate of drug-likeness (QED) is 0.133. The molecule has 0 aromatic heterocycles. The van der Waals surface area contributed by atoms with Crippen molar-refractivity contribution in [2.45, 2.75) is 57.8 Å². The maximum Gasteiger partial charge on any atom is 0.0252 e. The van der Waals surface area contributed by atoms with Crippen LogP contribution in [0.4, 0.5) is 0 Å². The molecule has 0 aliphatic heterocycles. The highest BCUT2D eigenvalue weighted by molar-refractivity contribution is 6.01. The largest absolute Gasteiger partial charge is 0.0654 e. The first kappa shape index (κ1) is 43.4. The van der Waals surface area contributed by atoms with E-state index in [1.807, 2.05) is 0 Å². The zero-order chi connectivity index (χ0) is 46.6. The van der Waals surface area contributed by atoms with E-state index in [1.165, 1.54) is 90.7 Å². The molecule has 0 N–H and O–H groups in total. The van der Waals surface area contributed by atoms with Crippen molar-refractivity contribution in [3.8, 4) is 34.8 Å². The third-order valence-corrected chi connectivity index (χ3v) is 14.3. The van der Waals surface area contributed by atoms with Crippen LogP contribution in [-0.2, 0) is 5.41 Å². The summed E-state index contributed by atoms with van der Waals surface area (Å²) in [6.45, 7) is 4.63. The van der Waals surface area contributed by atoms with Gasteiger partial charge in [-0.15, -0.1) is 0 Å². The number of hydrogen-bond donors (Lipinski definition) is 0. The standard InChI is InChI=1S/C69H54/c1-3-5-43-69(44-6-4-2)67-47-53(33-27-49-23-29-51(30-24-49)45-65-59-19-11-7-15-55(59)37-38-56-16-8-12-20-60(56)65)35-41-63(67)64-42-36-54(48-68(64)69)34-28-50-25-31-52(32-26-50)46-66-61-21-13-9-17-57(61)39-40-58-18-10-14-22-62(58)66/h7-26,29-32,35-42,45-48H,3-6,43-44H2,1-2H3. The number of hydrogen-bond acceptors (Lipinski definition) is 0. The molecule has 0 heterocycles. The Labute approximate surface area is 409 Å². The Balaban J connectivity index is 0.871. The van der Waals surface area contributed by atoms with Gasteiger partial charge in [-0.05, 0) is 163 Å². The smallest absolute Gasteiger partial charge is 0.0252 e. The van der Waals surface area contributed by atoms with Crippen molar-refractivity contribution in [3.05, 3.63) is 271 Å². The van der Waals surface area contributed by atoms with Gasteiger partial charge in [0, 0.05) is 27.7 Å². The molecule has 11 rings (SSSR count). The number of unbranched alkanes of at least 4 members (excludes halogenated alkanes) is 2. The summed E-state index contributed by atoms with van der Waals surface area (Å²) < 4.78 is 0. The minimum atomic E-state index is -0.0775. The van der Waals surface area contributed by atoms with Crippen LogP contribution in [-0.4, -0.2) is 0 Å². The monoisotopic (exact) mass is 882 g/mol. The van der Waals surface area contributed by atoms with Crippen molar-refractivity contribution in [1.82, 2.24) is 0 Å². The first-order valence-electron chi connectivity index (χ1n) is 24.8. The fraction of sp³-hybridized carbons (Fsp3) is 0.130. The Bertz CT molecular complexity index is 3160. The normalized spacial score (nSPS) is 13.1. The van der Waals surface area contributed by atoms with E-state index < -0.39 is 0 Å². The molecule has 8 aromatic carbocycles. The van der Waals surface area contributed by atoms with E-state index in [4.69, 9.17) is 0 Å². The zero-order valence-electron chi connectivity index (χ0n) is 39.5. The van der Waals surface area contributed by atoms with Gasteiger partial charge in [-0.25, -0.2) is 0 Å². The predicted molar refractivity (Wildman–Crippen MR) is 294 cm³/mol. The Morgan fingerprint density at radius 2 is 0.667 bits per heavy atom. The Kier molecular flexibility index (Phi) is 12.1. The lowest BCUT2D eigenvalue weighted by molar-refractivity contribution is 0.414. The maximum absolute atomic E-state index is 3.59. The highest BCUT2D eigenvalue weighted by atomic mass is 14.4. The highest BCUT2D eigenvalue weighted by Crippen LogP contribution is 2.54. The number of rotatable bonds is 8. The number of fused-ring (bicyclic) bond motifs is 7. The second kappa shape index (κ2) is 19.2. The molecule has 0 spiro atoms. The lowest BCUT2D eigenvalue weighted by Gasteiger charge is -2.33. The fourth-order valence-corrected chi connectivity index (χ4v) is 10.7. The summed E-state index contributed by atoms with van der Waals surface area (Å²) in [7, 11) is 0. The minimum absolute atomic E-state index is 0.0775. The third kappa shape index (κ3) is 8.68.